The Kier molecular flexibility index (Phi) is 5.86. The summed E-state index contributed by atoms with van der Waals surface area (Å²) in [4.78, 5) is 22.3. The number of ether oxygens (including phenoxy) is 1. The Morgan fingerprint density at radius 1 is 1.44 bits per heavy atom. The Morgan fingerprint density at radius 3 is 2.78 bits per heavy atom. The Hall–Kier alpha value is -1.35. The van der Waals surface area contributed by atoms with Crippen LogP contribution in [0.3, 0.4) is 0 Å². The van der Waals surface area contributed by atoms with Gasteiger partial charge in [-0.3, -0.25) is 10.1 Å². The molecular weight excluding hydrogens is 276 g/mol. The van der Waals surface area contributed by atoms with E-state index in [1.807, 2.05) is 0 Å². The summed E-state index contributed by atoms with van der Waals surface area (Å²) >= 11 is 2.42. The van der Waals surface area contributed by atoms with Gasteiger partial charge in [-0.05, 0) is 13.8 Å². The second kappa shape index (κ2) is 7.17. The standard InChI is InChI=1S/C9H14N4O3S2/c1-5(2)16-6(14)4-17-9-13-12-8(18-9)11-7(15)10-3/h5H,4H2,1-3H3,(H2,10,11,12,15). The lowest BCUT2D eigenvalue weighted by Gasteiger charge is -2.05. The Morgan fingerprint density at radius 2 is 2.17 bits per heavy atom. The highest BCUT2D eigenvalue weighted by Gasteiger charge is 2.11. The van der Waals surface area contributed by atoms with Gasteiger partial charge in [0.1, 0.15) is 0 Å². The number of aromatic nitrogens is 2. The molecule has 0 aliphatic rings. The van der Waals surface area contributed by atoms with Crippen LogP contribution < -0.4 is 10.6 Å². The van der Waals surface area contributed by atoms with E-state index in [0.717, 1.165) is 0 Å². The van der Waals surface area contributed by atoms with Crippen LogP contribution in [-0.4, -0.2) is 41.1 Å². The van der Waals surface area contributed by atoms with E-state index in [1.54, 1.807) is 13.8 Å². The molecule has 0 fully saturated rings. The van der Waals surface area contributed by atoms with Gasteiger partial charge in [0.25, 0.3) is 0 Å². The minimum absolute atomic E-state index is 0.127. The Labute approximate surface area is 113 Å². The van der Waals surface area contributed by atoms with Crippen LogP contribution in [0.4, 0.5) is 9.93 Å². The third-order valence-corrected chi connectivity index (χ3v) is 3.48. The lowest BCUT2D eigenvalue weighted by Crippen LogP contribution is -2.24. The van der Waals surface area contributed by atoms with E-state index in [0.29, 0.717) is 9.47 Å². The van der Waals surface area contributed by atoms with Gasteiger partial charge in [0, 0.05) is 7.05 Å². The van der Waals surface area contributed by atoms with Crippen LogP contribution >= 0.6 is 23.1 Å². The van der Waals surface area contributed by atoms with E-state index >= 15 is 0 Å². The maximum absolute atomic E-state index is 11.3. The number of nitrogens with zero attached hydrogens (tertiary/aromatic N) is 2. The lowest BCUT2D eigenvalue weighted by molar-refractivity contribution is -0.144. The number of thioether (sulfide) groups is 1. The molecule has 0 spiro atoms. The Balaban J connectivity index is 2.39. The van der Waals surface area contributed by atoms with Gasteiger partial charge in [-0.1, -0.05) is 23.1 Å². The van der Waals surface area contributed by atoms with E-state index in [9.17, 15) is 9.59 Å². The molecule has 0 saturated heterocycles. The average Bonchev–Trinajstić information content (AvgIpc) is 2.73. The topological polar surface area (TPSA) is 93.2 Å². The minimum Gasteiger partial charge on any atom is -0.462 e. The van der Waals surface area contributed by atoms with Crippen molar-refractivity contribution < 1.29 is 14.3 Å². The molecule has 1 aromatic rings. The first-order chi connectivity index (χ1) is 8.51. The molecule has 0 aliphatic heterocycles. The second-order valence-electron chi connectivity index (χ2n) is 3.40. The first-order valence-corrected chi connectivity index (χ1v) is 6.96. The molecule has 0 saturated carbocycles. The van der Waals surface area contributed by atoms with Gasteiger partial charge in [-0.15, -0.1) is 10.2 Å². The SMILES string of the molecule is CNC(=O)Nc1nnc(SCC(=O)OC(C)C)s1. The minimum atomic E-state index is -0.359. The van der Waals surface area contributed by atoms with Crippen molar-refractivity contribution in [1.29, 1.82) is 0 Å². The number of anilines is 1. The molecule has 0 unspecified atom stereocenters. The van der Waals surface area contributed by atoms with Gasteiger partial charge in [0.15, 0.2) is 4.34 Å². The molecule has 18 heavy (non-hydrogen) atoms. The molecule has 100 valence electrons. The fourth-order valence-electron chi connectivity index (χ4n) is 0.896. The monoisotopic (exact) mass is 290 g/mol. The average molecular weight is 290 g/mol. The van der Waals surface area contributed by atoms with E-state index < -0.39 is 0 Å². The summed E-state index contributed by atoms with van der Waals surface area (Å²) in [5.74, 6) is -0.127. The van der Waals surface area contributed by atoms with E-state index in [-0.39, 0.29) is 23.9 Å². The summed E-state index contributed by atoms with van der Waals surface area (Å²) in [5.41, 5.74) is 0. The largest absolute Gasteiger partial charge is 0.462 e. The number of amides is 2. The summed E-state index contributed by atoms with van der Waals surface area (Å²) in [6.07, 6.45) is -0.127. The highest BCUT2D eigenvalue weighted by molar-refractivity contribution is 8.01. The summed E-state index contributed by atoms with van der Waals surface area (Å²) < 4.78 is 5.58. The third-order valence-electron chi connectivity index (χ3n) is 1.53. The molecular formula is C9H14N4O3S2. The predicted octanol–water partition coefficient (Wildman–Crippen LogP) is 1.33. The number of carbonyl (C=O) groups is 2. The molecule has 1 aromatic heterocycles. The van der Waals surface area contributed by atoms with Crippen LogP contribution in [0.1, 0.15) is 13.8 Å². The summed E-state index contributed by atoms with van der Waals surface area (Å²) in [6, 6.07) is -0.359. The smallest absolute Gasteiger partial charge is 0.320 e. The molecule has 0 aromatic carbocycles. The fourth-order valence-corrected chi connectivity index (χ4v) is 2.43. The van der Waals surface area contributed by atoms with Gasteiger partial charge in [-0.25, -0.2) is 4.79 Å². The molecule has 0 bridgehead atoms. The van der Waals surface area contributed by atoms with Gasteiger partial charge >= 0.3 is 12.0 Å². The first kappa shape index (κ1) is 14.7. The third kappa shape index (κ3) is 5.32. The molecule has 2 amide bonds. The van der Waals surface area contributed by atoms with Crippen molar-refractivity contribution in [2.24, 2.45) is 0 Å². The highest BCUT2D eigenvalue weighted by atomic mass is 32.2. The van der Waals surface area contributed by atoms with Crippen LogP contribution in [0.25, 0.3) is 0 Å². The van der Waals surface area contributed by atoms with Crippen LogP contribution in [0.15, 0.2) is 4.34 Å². The maximum Gasteiger partial charge on any atom is 0.320 e. The second-order valence-corrected chi connectivity index (χ2v) is 5.60. The van der Waals surface area contributed by atoms with Crippen molar-refractivity contribution in [3.63, 3.8) is 0 Å². The zero-order valence-electron chi connectivity index (χ0n) is 10.2. The number of rotatable bonds is 5. The van der Waals surface area contributed by atoms with E-state index in [2.05, 4.69) is 20.8 Å². The van der Waals surface area contributed by atoms with Gasteiger partial charge in [0.2, 0.25) is 5.13 Å². The van der Waals surface area contributed by atoms with Gasteiger partial charge in [-0.2, -0.15) is 0 Å². The number of carbonyl (C=O) groups excluding carboxylic acids is 2. The van der Waals surface area contributed by atoms with Crippen molar-refractivity contribution in [3.8, 4) is 0 Å². The summed E-state index contributed by atoms with van der Waals surface area (Å²) in [6.45, 7) is 3.58. The number of urea groups is 1. The van der Waals surface area contributed by atoms with Crippen molar-refractivity contribution in [3.05, 3.63) is 0 Å². The van der Waals surface area contributed by atoms with Crippen molar-refractivity contribution in [2.45, 2.75) is 24.3 Å². The zero-order chi connectivity index (χ0) is 13.5. The van der Waals surface area contributed by atoms with Crippen LogP contribution in [0, 0.1) is 0 Å². The number of hydrogen-bond acceptors (Lipinski definition) is 7. The van der Waals surface area contributed by atoms with Crippen molar-refractivity contribution in [1.82, 2.24) is 15.5 Å². The summed E-state index contributed by atoms with van der Waals surface area (Å²) in [7, 11) is 1.51. The van der Waals surface area contributed by atoms with Crippen LogP contribution in [0.5, 0.6) is 0 Å². The highest BCUT2D eigenvalue weighted by Crippen LogP contribution is 2.25. The van der Waals surface area contributed by atoms with Gasteiger partial charge < -0.3 is 10.1 Å². The molecule has 9 heteroatoms. The molecule has 0 aliphatic carbocycles. The molecule has 0 radical (unpaired) electrons. The maximum atomic E-state index is 11.3. The van der Waals surface area contributed by atoms with E-state index in [4.69, 9.17) is 4.74 Å². The number of hydrogen-bond donors (Lipinski definition) is 2. The molecule has 1 rings (SSSR count). The van der Waals surface area contributed by atoms with Crippen LogP contribution in [0.2, 0.25) is 0 Å². The predicted molar refractivity (Wildman–Crippen MR) is 69.9 cm³/mol. The lowest BCUT2D eigenvalue weighted by atomic mass is 10.5. The van der Waals surface area contributed by atoms with Crippen molar-refractivity contribution in [2.75, 3.05) is 18.1 Å². The Bertz CT molecular complexity index is 422. The van der Waals surface area contributed by atoms with Gasteiger partial charge in [0.05, 0.1) is 11.9 Å². The fraction of sp³-hybridized carbons (Fsp3) is 0.556. The normalized spacial score (nSPS) is 10.2. The zero-order valence-corrected chi connectivity index (χ0v) is 11.9. The molecule has 1 heterocycles. The quantitative estimate of drug-likeness (QED) is 0.483. The number of nitrogens with one attached hydrogen (secondary N) is 2. The molecule has 7 nitrogen and oxygen atoms in total. The molecule has 2 N–H and O–H groups in total. The van der Waals surface area contributed by atoms with Crippen molar-refractivity contribution >= 4 is 40.2 Å². The van der Waals surface area contributed by atoms with E-state index in [1.165, 1.54) is 30.1 Å². The summed E-state index contributed by atoms with van der Waals surface area (Å²) in [5, 5.41) is 12.9. The number of esters is 1. The van der Waals surface area contributed by atoms with Crippen LogP contribution in [-0.2, 0) is 9.53 Å². The molecule has 0 atom stereocenters. The first-order valence-electron chi connectivity index (χ1n) is 5.15.